The standard InChI is InChI=1S/C43H36N8O15S3/c1-63-35-19-32(36(64-2)18-31(35)47-46-27-10-7-23-14-28(67(54,55)56)17-39(30(23)16-27)68(57,58)59)48-49-33-20-38(66-4)34(21-37(33)65-3)50-51-41-40(69(60,61)62)15-24-13-26(11-12-29(24)42(41)52)45-43(53)22-5-8-25(44)9-6-22/h5-21,52H,44H2,1-4H3,(H,45,53)(H,54,55,56)(H,57,58,59)(H,60,61,62). The van der Waals surface area contributed by atoms with Crippen molar-refractivity contribution in [2.75, 3.05) is 39.5 Å². The summed E-state index contributed by atoms with van der Waals surface area (Å²) < 4.78 is 125. The minimum absolute atomic E-state index is 0.0280. The van der Waals surface area contributed by atoms with Gasteiger partial charge in [-0.15, -0.1) is 25.6 Å². The van der Waals surface area contributed by atoms with Gasteiger partial charge in [0.05, 0.1) is 39.0 Å². The lowest BCUT2D eigenvalue weighted by atomic mass is 10.1. The van der Waals surface area contributed by atoms with Crippen LogP contribution >= 0.6 is 0 Å². The van der Waals surface area contributed by atoms with E-state index >= 15 is 0 Å². The third-order valence-electron chi connectivity index (χ3n) is 9.97. The number of phenolic OH excluding ortho intramolecular Hbond substituents is 1. The second kappa shape index (κ2) is 19.2. The van der Waals surface area contributed by atoms with Crippen molar-refractivity contribution in [3.63, 3.8) is 0 Å². The molecular weight excluding hydrogens is 965 g/mol. The lowest BCUT2D eigenvalue weighted by Gasteiger charge is -2.12. The number of nitrogens with one attached hydrogen (secondary N) is 1. The molecule has 7 rings (SSSR count). The molecule has 26 heteroatoms. The first kappa shape index (κ1) is 48.8. The molecule has 0 fully saturated rings. The number of carbonyl (C=O) groups is 1. The maximum Gasteiger partial charge on any atom is 0.296 e. The highest BCUT2D eigenvalue weighted by Gasteiger charge is 2.24. The Morgan fingerprint density at radius 1 is 0.522 bits per heavy atom. The Morgan fingerprint density at radius 3 is 1.52 bits per heavy atom. The van der Waals surface area contributed by atoms with Gasteiger partial charge in [0.1, 0.15) is 61.2 Å². The van der Waals surface area contributed by atoms with E-state index in [0.717, 1.165) is 12.1 Å². The van der Waals surface area contributed by atoms with Crippen LogP contribution in [0.5, 0.6) is 28.7 Å². The summed E-state index contributed by atoms with van der Waals surface area (Å²) in [5.74, 6) is -0.803. The van der Waals surface area contributed by atoms with Gasteiger partial charge in [0, 0.05) is 52.0 Å². The molecule has 0 atom stereocenters. The third-order valence-corrected chi connectivity index (χ3v) is 12.6. The summed E-state index contributed by atoms with van der Waals surface area (Å²) >= 11 is 0. The van der Waals surface area contributed by atoms with Crippen LogP contribution in [0.2, 0.25) is 0 Å². The number of fused-ring (bicyclic) bond motifs is 2. The van der Waals surface area contributed by atoms with E-state index < -0.39 is 62.4 Å². The number of anilines is 2. The summed E-state index contributed by atoms with van der Waals surface area (Å²) in [7, 11) is -9.52. The maximum absolute atomic E-state index is 12.8. The summed E-state index contributed by atoms with van der Waals surface area (Å²) in [5, 5.41) is 39.2. The number of aromatic hydroxyl groups is 1. The van der Waals surface area contributed by atoms with E-state index in [4.69, 9.17) is 24.7 Å². The Kier molecular flexibility index (Phi) is 13.6. The Morgan fingerprint density at radius 2 is 1.03 bits per heavy atom. The normalized spacial score (nSPS) is 12.3. The number of ether oxygens (including phenoxy) is 4. The average Bonchev–Trinajstić information content (AvgIpc) is 3.30. The van der Waals surface area contributed by atoms with E-state index in [1.54, 1.807) is 12.1 Å². The number of azo groups is 3. The van der Waals surface area contributed by atoms with Crippen molar-refractivity contribution >= 4 is 103 Å². The zero-order valence-electron chi connectivity index (χ0n) is 36.1. The number of phenols is 1. The van der Waals surface area contributed by atoms with Gasteiger partial charge in [-0.25, -0.2) is 0 Å². The van der Waals surface area contributed by atoms with Crippen molar-refractivity contribution in [1.82, 2.24) is 0 Å². The van der Waals surface area contributed by atoms with Crippen molar-refractivity contribution in [1.29, 1.82) is 0 Å². The lowest BCUT2D eigenvalue weighted by Crippen LogP contribution is -2.11. The van der Waals surface area contributed by atoms with Crippen molar-refractivity contribution in [3.8, 4) is 28.7 Å². The van der Waals surface area contributed by atoms with Crippen LogP contribution in [0.1, 0.15) is 10.4 Å². The van der Waals surface area contributed by atoms with Gasteiger partial charge in [-0.2, -0.15) is 30.4 Å². The van der Waals surface area contributed by atoms with Crippen LogP contribution in [-0.4, -0.2) is 78.4 Å². The Labute approximate surface area is 391 Å². The minimum Gasteiger partial charge on any atom is -0.505 e. The number of rotatable bonds is 15. The number of hydrogen-bond acceptors (Lipinski definition) is 19. The highest BCUT2D eigenvalue weighted by Crippen LogP contribution is 2.46. The third kappa shape index (κ3) is 10.7. The number of carbonyl (C=O) groups excluding carboxylic acids is 1. The molecule has 7 aromatic carbocycles. The van der Waals surface area contributed by atoms with E-state index in [-0.39, 0.29) is 78.7 Å². The first-order valence-electron chi connectivity index (χ1n) is 19.4. The zero-order chi connectivity index (χ0) is 50.0. The molecule has 7 N–H and O–H groups in total. The SMILES string of the molecule is COc1cc(N=Nc2cc(OC)c(N=Nc3c(S(=O)(=O)O)cc4cc(NC(=O)c5ccc(N)cc5)ccc4c3O)cc2OC)c(OC)cc1N=Nc1ccc2cc(S(=O)(=O)O)cc(S(=O)(=O)O)c2c1. The minimum atomic E-state index is -5.03. The molecule has 0 aliphatic rings. The molecule has 0 radical (unpaired) electrons. The van der Waals surface area contributed by atoms with Crippen LogP contribution in [0, 0.1) is 0 Å². The van der Waals surface area contributed by atoms with E-state index in [9.17, 15) is 48.8 Å². The number of nitrogens with zero attached hydrogens (tertiary/aromatic N) is 6. The van der Waals surface area contributed by atoms with Crippen molar-refractivity contribution in [3.05, 3.63) is 109 Å². The number of amides is 1. The summed E-state index contributed by atoms with van der Waals surface area (Å²) in [4.78, 5) is 10.5. The van der Waals surface area contributed by atoms with E-state index in [0.29, 0.717) is 17.3 Å². The smallest absolute Gasteiger partial charge is 0.296 e. The van der Waals surface area contributed by atoms with E-state index in [1.165, 1.54) is 101 Å². The lowest BCUT2D eigenvalue weighted by molar-refractivity contribution is 0.102. The number of hydrogen-bond donors (Lipinski definition) is 6. The van der Waals surface area contributed by atoms with Crippen LogP contribution < -0.4 is 30.0 Å². The van der Waals surface area contributed by atoms with E-state index in [2.05, 4.69) is 36.0 Å². The fraction of sp³-hybridized carbons (Fsp3) is 0.0930. The van der Waals surface area contributed by atoms with Crippen LogP contribution in [-0.2, 0) is 30.4 Å². The molecular formula is C43H36N8O15S3. The number of nitrogen functional groups attached to an aromatic ring is 1. The summed E-state index contributed by atoms with van der Waals surface area (Å²) in [6.45, 7) is 0. The maximum atomic E-state index is 12.8. The Balaban J connectivity index is 1.18. The molecule has 0 spiro atoms. The molecule has 0 saturated heterocycles. The summed E-state index contributed by atoms with van der Waals surface area (Å²) in [6, 6.07) is 22.5. The molecule has 356 valence electrons. The van der Waals surface area contributed by atoms with Crippen molar-refractivity contribution < 1.29 is 67.8 Å². The summed E-state index contributed by atoms with van der Waals surface area (Å²) in [5.41, 5.74) is 6.46. The van der Waals surface area contributed by atoms with Crippen molar-refractivity contribution in [2.45, 2.75) is 14.7 Å². The van der Waals surface area contributed by atoms with Gasteiger partial charge in [0.25, 0.3) is 36.3 Å². The fourth-order valence-corrected chi connectivity index (χ4v) is 8.64. The Hall–Kier alpha value is -8.14. The number of benzene rings is 7. The molecule has 0 aliphatic carbocycles. The Bertz CT molecular complexity index is 3660. The van der Waals surface area contributed by atoms with Gasteiger partial charge in [0.2, 0.25) is 0 Å². The average molecular weight is 1000 g/mol. The van der Waals surface area contributed by atoms with E-state index in [1.807, 2.05) is 0 Å². The van der Waals surface area contributed by atoms with Gasteiger partial charge in [-0.3, -0.25) is 18.5 Å². The monoisotopic (exact) mass is 1000 g/mol. The van der Waals surface area contributed by atoms with Gasteiger partial charge in [0.15, 0.2) is 5.75 Å². The molecule has 23 nitrogen and oxygen atoms in total. The molecule has 1 amide bonds. The number of nitrogens with two attached hydrogens (primary N) is 1. The molecule has 69 heavy (non-hydrogen) atoms. The summed E-state index contributed by atoms with van der Waals surface area (Å²) in [6.07, 6.45) is 0. The topological polar surface area (TPSA) is 350 Å². The molecule has 0 aromatic heterocycles. The highest BCUT2D eigenvalue weighted by molar-refractivity contribution is 7.87. The second-order valence-corrected chi connectivity index (χ2v) is 18.5. The largest absolute Gasteiger partial charge is 0.505 e. The first-order valence-corrected chi connectivity index (χ1v) is 23.7. The van der Waals surface area contributed by atoms with Crippen molar-refractivity contribution in [2.24, 2.45) is 30.7 Å². The molecule has 0 saturated carbocycles. The van der Waals surface area contributed by atoms with Crippen LogP contribution in [0.25, 0.3) is 21.5 Å². The molecule has 0 aliphatic heterocycles. The van der Waals surface area contributed by atoms with Gasteiger partial charge >= 0.3 is 0 Å². The fourth-order valence-electron chi connectivity index (χ4n) is 6.64. The van der Waals surface area contributed by atoms with Crippen LogP contribution in [0.3, 0.4) is 0 Å². The molecule has 0 unspecified atom stereocenters. The molecule has 7 aromatic rings. The quantitative estimate of drug-likeness (QED) is 0.0316. The van der Waals surface area contributed by atoms with Crippen LogP contribution in [0.4, 0.5) is 45.5 Å². The van der Waals surface area contributed by atoms with Gasteiger partial charge in [-0.1, -0.05) is 6.07 Å². The zero-order valence-corrected chi connectivity index (χ0v) is 38.5. The molecule has 0 bridgehead atoms. The first-order chi connectivity index (χ1) is 32.6. The molecule has 0 heterocycles. The van der Waals surface area contributed by atoms with Gasteiger partial charge < -0.3 is 35.1 Å². The number of methoxy groups -OCH3 is 4. The highest BCUT2D eigenvalue weighted by atomic mass is 32.2. The predicted molar refractivity (Wildman–Crippen MR) is 249 cm³/mol. The predicted octanol–water partition coefficient (Wildman–Crippen LogP) is 9.55. The van der Waals surface area contributed by atoms with Gasteiger partial charge in [-0.05, 0) is 83.6 Å². The van der Waals surface area contributed by atoms with Crippen LogP contribution in [0.15, 0.2) is 149 Å². The second-order valence-electron chi connectivity index (χ2n) is 14.3.